The van der Waals surface area contributed by atoms with Gasteiger partial charge in [0.15, 0.2) is 0 Å². The normalized spacial score (nSPS) is 47.9. The van der Waals surface area contributed by atoms with Crippen molar-refractivity contribution < 1.29 is 5.11 Å². The lowest BCUT2D eigenvalue weighted by Crippen LogP contribution is -2.08. The first-order valence-electron chi connectivity index (χ1n) is 3.72. The molecule has 3 atom stereocenters. The van der Waals surface area contributed by atoms with Crippen LogP contribution in [0.5, 0.6) is 0 Å². The summed E-state index contributed by atoms with van der Waals surface area (Å²) in [5, 5.41) is 9.36. The SMILES string of the molecule is O[C@@H]1CCC=C[C@H]2C[C@@H]12. The minimum absolute atomic E-state index is 0.00463. The van der Waals surface area contributed by atoms with Crippen molar-refractivity contribution in [2.75, 3.05) is 0 Å². The molecule has 1 heteroatoms. The van der Waals surface area contributed by atoms with Crippen LogP contribution >= 0.6 is 0 Å². The van der Waals surface area contributed by atoms with Crippen molar-refractivity contribution in [2.24, 2.45) is 11.8 Å². The van der Waals surface area contributed by atoms with Crippen LogP contribution in [0.15, 0.2) is 12.2 Å². The molecule has 50 valence electrons. The van der Waals surface area contributed by atoms with Gasteiger partial charge in [-0.15, -0.1) is 0 Å². The van der Waals surface area contributed by atoms with Crippen molar-refractivity contribution >= 4 is 0 Å². The van der Waals surface area contributed by atoms with E-state index in [0.717, 1.165) is 18.8 Å². The summed E-state index contributed by atoms with van der Waals surface area (Å²) in [6.45, 7) is 0. The number of fused-ring (bicyclic) bond motifs is 1. The van der Waals surface area contributed by atoms with Gasteiger partial charge in [-0.1, -0.05) is 12.2 Å². The van der Waals surface area contributed by atoms with E-state index in [4.69, 9.17) is 0 Å². The van der Waals surface area contributed by atoms with Crippen molar-refractivity contribution in [1.82, 2.24) is 0 Å². The molecular weight excluding hydrogens is 112 g/mol. The van der Waals surface area contributed by atoms with Crippen LogP contribution in [0.1, 0.15) is 19.3 Å². The molecule has 0 aromatic heterocycles. The van der Waals surface area contributed by atoms with Gasteiger partial charge in [0.05, 0.1) is 6.10 Å². The second-order valence-electron chi connectivity index (χ2n) is 3.14. The summed E-state index contributed by atoms with van der Waals surface area (Å²) < 4.78 is 0. The van der Waals surface area contributed by atoms with Gasteiger partial charge in [0.1, 0.15) is 0 Å². The second kappa shape index (κ2) is 1.84. The predicted octanol–water partition coefficient (Wildman–Crippen LogP) is 1.33. The summed E-state index contributed by atoms with van der Waals surface area (Å²) in [6.07, 6.45) is 7.77. The average molecular weight is 124 g/mol. The molecule has 2 rings (SSSR count). The maximum atomic E-state index is 9.36. The Morgan fingerprint density at radius 3 is 3.22 bits per heavy atom. The lowest BCUT2D eigenvalue weighted by Gasteiger charge is -2.03. The van der Waals surface area contributed by atoms with E-state index in [0.29, 0.717) is 5.92 Å². The molecule has 2 aliphatic rings. The first-order chi connectivity index (χ1) is 4.38. The summed E-state index contributed by atoms with van der Waals surface area (Å²) in [4.78, 5) is 0. The topological polar surface area (TPSA) is 20.2 Å². The standard InChI is InChI=1S/C8H12O/c9-8-4-2-1-3-6-5-7(6)8/h1,3,6-9H,2,4-5H2/t6-,7+,8+/m0/s1. The van der Waals surface area contributed by atoms with E-state index < -0.39 is 0 Å². The number of aliphatic hydroxyl groups is 1. The highest BCUT2D eigenvalue weighted by Gasteiger charge is 2.40. The first-order valence-corrected chi connectivity index (χ1v) is 3.72. The zero-order valence-electron chi connectivity index (χ0n) is 5.46. The molecular formula is C8H12O. The van der Waals surface area contributed by atoms with E-state index in [1.54, 1.807) is 0 Å². The van der Waals surface area contributed by atoms with E-state index in [-0.39, 0.29) is 6.10 Å². The van der Waals surface area contributed by atoms with Crippen LogP contribution in [0.4, 0.5) is 0 Å². The molecule has 0 aromatic rings. The third-order valence-electron chi connectivity index (χ3n) is 2.40. The third-order valence-corrected chi connectivity index (χ3v) is 2.40. The van der Waals surface area contributed by atoms with Gasteiger partial charge < -0.3 is 5.11 Å². The molecule has 0 bridgehead atoms. The van der Waals surface area contributed by atoms with Gasteiger partial charge in [-0.05, 0) is 31.1 Å². The fraction of sp³-hybridized carbons (Fsp3) is 0.750. The summed E-state index contributed by atoms with van der Waals surface area (Å²) in [5.41, 5.74) is 0. The van der Waals surface area contributed by atoms with E-state index >= 15 is 0 Å². The number of hydrogen-bond donors (Lipinski definition) is 1. The van der Waals surface area contributed by atoms with E-state index in [2.05, 4.69) is 12.2 Å². The molecule has 0 aromatic carbocycles. The summed E-state index contributed by atoms with van der Waals surface area (Å²) in [6, 6.07) is 0. The molecule has 1 fully saturated rings. The van der Waals surface area contributed by atoms with E-state index in [1.807, 2.05) is 0 Å². The molecule has 0 spiro atoms. The Hall–Kier alpha value is -0.300. The number of rotatable bonds is 0. The van der Waals surface area contributed by atoms with Crippen molar-refractivity contribution in [3.63, 3.8) is 0 Å². The monoisotopic (exact) mass is 124 g/mol. The van der Waals surface area contributed by atoms with Crippen LogP contribution in [0.2, 0.25) is 0 Å². The Balaban J connectivity index is 2.06. The zero-order chi connectivity index (χ0) is 6.27. The second-order valence-corrected chi connectivity index (χ2v) is 3.14. The third kappa shape index (κ3) is 0.897. The van der Waals surface area contributed by atoms with Gasteiger partial charge in [0.25, 0.3) is 0 Å². The highest BCUT2D eigenvalue weighted by Crippen LogP contribution is 2.45. The fourth-order valence-corrected chi connectivity index (χ4v) is 1.65. The number of hydrogen-bond acceptors (Lipinski definition) is 1. The Morgan fingerprint density at radius 1 is 1.44 bits per heavy atom. The Morgan fingerprint density at radius 2 is 2.33 bits per heavy atom. The average Bonchev–Trinajstić information content (AvgIpc) is 2.55. The summed E-state index contributed by atoms with van der Waals surface area (Å²) in [5.74, 6) is 1.37. The first kappa shape index (κ1) is 5.48. The minimum Gasteiger partial charge on any atom is -0.393 e. The van der Waals surface area contributed by atoms with Crippen LogP contribution in [0, 0.1) is 11.8 Å². The molecule has 1 nitrogen and oxygen atoms in total. The van der Waals surface area contributed by atoms with Crippen molar-refractivity contribution in [3.8, 4) is 0 Å². The van der Waals surface area contributed by atoms with Crippen LogP contribution in [0.3, 0.4) is 0 Å². The Labute approximate surface area is 55.4 Å². The van der Waals surface area contributed by atoms with Crippen molar-refractivity contribution in [2.45, 2.75) is 25.4 Å². The van der Waals surface area contributed by atoms with Gasteiger partial charge in [0.2, 0.25) is 0 Å². The van der Waals surface area contributed by atoms with E-state index in [9.17, 15) is 5.11 Å². The molecule has 1 N–H and O–H groups in total. The molecule has 0 saturated heterocycles. The molecule has 2 aliphatic carbocycles. The summed E-state index contributed by atoms with van der Waals surface area (Å²) in [7, 11) is 0. The molecule has 0 aliphatic heterocycles. The molecule has 0 amide bonds. The van der Waals surface area contributed by atoms with Gasteiger partial charge >= 0.3 is 0 Å². The quantitative estimate of drug-likeness (QED) is 0.483. The van der Waals surface area contributed by atoms with Gasteiger partial charge in [0, 0.05) is 0 Å². The van der Waals surface area contributed by atoms with Crippen molar-refractivity contribution in [1.29, 1.82) is 0 Å². The molecule has 0 radical (unpaired) electrons. The van der Waals surface area contributed by atoms with Crippen LogP contribution in [-0.2, 0) is 0 Å². The highest BCUT2D eigenvalue weighted by molar-refractivity contribution is 5.07. The van der Waals surface area contributed by atoms with Gasteiger partial charge in [-0.25, -0.2) is 0 Å². The lowest BCUT2D eigenvalue weighted by atomic mass is 10.1. The largest absolute Gasteiger partial charge is 0.393 e. The zero-order valence-corrected chi connectivity index (χ0v) is 5.46. The van der Waals surface area contributed by atoms with Crippen molar-refractivity contribution in [3.05, 3.63) is 12.2 Å². The van der Waals surface area contributed by atoms with Crippen LogP contribution < -0.4 is 0 Å². The lowest BCUT2D eigenvalue weighted by molar-refractivity contribution is 0.141. The fourth-order valence-electron chi connectivity index (χ4n) is 1.65. The van der Waals surface area contributed by atoms with Gasteiger partial charge in [-0.3, -0.25) is 0 Å². The Bertz CT molecular complexity index is 140. The highest BCUT2D eigenvalue weighted by atomic mass is 16.3. The number of aliphatic hydroxyl groups excluding tert-OH is 1. The van der Waals surface area contributed by atoms with Crippen LogP contribution in [-0.4, -0.2) is 11.2 Å². The summed E-state index contributed by atoms with van der Waals surface area (Å²) >= 11 is 0. The molecule has 1 saturated carbocycles. The van der Waals surface area contributed by atoms with Gasteiger partial charge in [-0.2, -0.15) is 0 Å². The smallest absolute Gasteiger partial charge is 0.0577 e. The molecule has 0 heterocycles. The Kier molecular flexibility index (Phi) is 1.12. The maximum Gasteiger partial charge on any atom is 0.0577 e. The van der Waals surface area contributed by atoms with Crippen LogP contribution in [0.25, 0.3) is 0 Å². The molecule has 0 unspecified atom stereocenters. The van der Waals surface area contributed by atoms with E-state index in [1.165, 1.54) is 6.42 Å². The predicted molar refractivity (Wildman–Crippen MR) is 36.0 cm³/mol. The number of allylic oxidation sites excluding steroid dienone is 2. The minimum atomic E-state index is 0.00463. The maximum absolute atomic E-state index is 9.36. The molecule has 9 heavy (non-hydrogen) atoms.